The molecule has 3 aromatic rings. The Balaban J connectivity index is 1.98. The van der Waals surface area contributed by atoms with Crippen LogP contribution >= 0.6 is 0 Å². The fourth-order valence-electron chi connectivity index (χ4n) is 2.98. The molecule has 2 aromatic heterocycles. The van der Waals surface area contributed by atoms with Gasteiger partial charge in [-0.2, -0.15) is 0 Å². The lowest BCUT2D eigenvalue weighted by molar-refractivity contribution is 0.234. The normalized spacial score (nSPS) is 13.3. The summed E-state index contributed by atoms with van der Waals surface area (Å²) in [6, 6.07) is 8.06. The Bertz CT molecular complexity index is 1060. The summed E-state index contributed by atoms with van der Waals surface area (Å²) in [6.45, 7) is 5.67. The van der Waals surface area contributed by atoms with Crippen molar-refractivity contribution in [2.45, 2.75) is 50.3 Å². The van der Waals surface area contributed by atoms with E-state index in [0.717, 1.165) is 5.69 Å². The maximum atomic E-state index is 14.3. The third kappa shape index (κ3) is 4.40. The van der Waals surface area contributed by atoms with E-state index in [4.69, 9.17) is 4.52 Å². The number of imidazole rings is 1. The number of benzene rings is 1. The molecule has 156 valence electrons. The number of hydrogen-bond acceptors (Lipinski definition) is 6. The highest BCUT2D eigenvalue weighted by Crippen LogP contribution is 2.23. The molecule has 7 nitrogen and oxygen atoms in total. The van der Waals surface area contributed by atoms with E-state index in [-0.39, 0.29) is 23.6 Å². The first-order chi connectivity index (χ1) is 13.7. The zero-order valence-electron chi connectivity index (χ0n) is 16.9. The molecule has 0 bridgehead atoms. The number of sulfone groups is 1. The Labute approximate surface area is 170 Å². The van der Waals surface area contributed by atoms with E-state index in [1.807, 2.05) is 18.9 Å². The molecule has 0 radical (unpaired) electrons. The molecule has 0 aliphatic carbocycles. The molecule has 0 aliphatic rings. The average Bonchev–Trinajstić information content (AvgIpc) is 3.33. The summed E-state index contributed by atoms with van der Waals surface area (Å²) in [5.41, 5.74) is 1.84. The number of rotatable bonds is 8. The predicted octanol–water partition coefficient (Wildman–Crippen LogP) is 3.43. The molecule has 1 atom stereocenters. The van der Waals surface area contributed by atoms with Gasteiger partial charge in [-0.3, -0.25) is 4.90 Å². The summed E-state index contributed by atoms with van der Waals surface area (Å²) in [7, 11) is -1.74. The van der Waals surface area contributed by atoms with Crippen molar-refractivity contribution < 1.29 is 17.3 Å². The third-order valence-corrected chi connectivity index (χ3v) is 7.10. The van der Waals surface area contributed by atoms with Crippen molar-refractivity contribution in [1.29, 1.82) is 0 Å². The maximum Gasteiger partial charge on any atom is 0.228 e. The van der Waals surface area contributed by atoms with Crippen molar-refractivity contribution in [3.63, 3.8) is 0 Å². The van der Waals surface area contributed by atoms with Crippen LogP contribution in [0.4, 0.5) is 4.39 Å². The molecular weight excluding hydrogens is 395 g/mol. The van der Waals surface area contributed by atoms with Crippen LogP contribution in [0.5, 0.6) is 0 Å². The zero-order valence-corrected chi connectivity index (χ0v) is 17.7. The molecule has 0 saturated carbocycles. The highest BCUT2D eigenvalue weighted by molar-refractivity contribution is 7.91. The van der Waals surface area contributed by atoms with Gasteiger partial charge in [-0.15, -0.1) is 0 Å². The van der Waals surface area contributed by atoms with Crippen molar-refractivity contribution in [3.05, 3.63) is 65.6 Å². The number of halogens is 1. The van der Waals surface area contributed by atoms with Gasteiger partial charge in [0.15, 0.2) is 0 Å². The highest BCUT2D eigenvalue weighted by Gasteiger charge is 2.28. The number of aromatic nitrogens is 3. The monoisotopic (exact) mass is 420 g/mol. The van der Waals surface area contributed by atoms with Crippen molar-refractivity contribution in [1.82, 2.24) is 19.6 Å². The summed E-state index contributed by atoms with van der Waals surface area (Å²) >= 11 is 0. The maximum absolute atomic E-state index is 14.3. The minimum atomic E-state index is -3.64. The lowest BCUT2D eigenvalue weighted by Gasteiger charge is -2.23. The molecule has 3 rings (SSSR count). The topological polar surface area (TPSA) is 81.2 Å². The van der Waals surface area contributed by atoms with Crippen LogP contribution < -0.4 is 0 Å². The minimum Gasteiger partial charge on any atom is -0.364 e. The number of hydrogen-bond donors (Lipinski definition) is 0. The summed E-state index contributed by atoms with van der Waals surface area (Å²) in [5, 5.41) is 3.28. The van der Waals surface area contributed by atoms with E-state index in [2.05, 4.69) is 10.1 Å². The second kappa shape index (κ2) is 8.46. The van der Waals surface area contributed by atoms with Gasteiger partial charge in [0, 0.05) is 18.2 Å². The summed E-state index contributed by atoms with van der Waals surface area (Å²) in [6.07, 6.45) is 3.05. The van der Waals surface area contributed by atoms with Gasteiger partial charge in [0.25, 0.3) is 0 Å². The van der Waals surface area contributed by atoms with E-state index in [9.17, 15) is 12.8 Å². The molecule has 2 heterocycles. The molecule has 0 saturated heterocycles. The first kappa shape index (κ1) is 21.2. The van der Waals surface area contributed by atoms with E-state index < -0.39 is 15.1 Å². The molecule has 0 fully saturated rings. The molecule has 0 aliphatic heterocycles. The van der Waals surface area contributed by atoms with Gasteiger partial charge in [0.1, 0.15) is 17.8 Å². The Kier molecular flexibility index (Phi) is 6.18. The van der Waals surface area contributed by atoms with Crippen LogP contribution in [0.25, 0.3) is 0 Å². The van der Waals surface area contributed by atoms with Gasteiger partial charge in [-0.05, 0) is 33.9 Å². The lowest BCUT2D eigenvalue weighted by atomic mass is 10.2. The van der Waals surface area contributed by atoms with Crippen LogP contribution in [-0.2, 0) is 22.9 Å². The largest absolute Gasteiger partial charge is 0.364 e. The van der Waals surface area contributed by atoms with E-state index in [1.165, 1.54) is 12.3 Å². The predicted molar refractivity (Wildman–Crippen MR) is 106 cm³/mol. The van der Waals surface area contributed by atoms with Crippen molar-refractivity contribution in [3.8, 4) is 0 Å². The Hall–Kier alpha value is -2.52. The smallest absolute Gasteiger partial charge is 0.228 e. The molecular formula is C20H25FN4O3S. The van der Waals surface area contributed by atoms with Crippen molar-refractivity contribution in [2.24, 2.45) is 0 Å². The summed E-state index contributed by atoms with van der Waals surface area (Å²) < 4.78 is 46.4. The first-order valence-corrected chi connectivity index (χ1v) is 10.9. The Morgan fingerprint density at radius 3 is 2.55 bits per heavy atom. The van der Waals surface area contributed by atoms with Gasteiger partial charge >= 0.3 is 0 Å². The first-order valence-electron chi connectivity index (χ1n) is 9.34. The fraction of sp³-hybridized carbons (Fsp3) is 0.400. The van der Waals surface area contributed by atoms with E-state index >= 15 is 0 Å². The SMILES string of the molecule is CC(C)S(=O)(=O)c1ncc(CN(C)[C@@H](C)c2ccon2)n1Cc1ccccc1F. The third-order valence-electron chi connectivity index (χ3n) is 5.02. The lowest BCUT2D eigenvalue weighted by Crippen LogP contribution is -2.25. The average molecular weight is 421 g/mol. The zero-order chi connectivity index (χ0) is 21.2. The summed E-state index contributed by atoms with van der Waals surface area (Å²) in [4.78, 5) is 6.20. The van der Waals surface area contributed by atoms with Gasteiger partial charge < -0.3 is 9.09 Å². The molecule has 0 N–H and O–H groups in total. The van der Waals surface area contributed by atoms with Crippen LogP contribution in [0.15, 0.2) is 52.5 Å². The molecule has 1 aromatic carbocycles. The molecule has 29 heavy (non-hydrogen) atoms. The second-order valence-electron chi connectivity index (χ2n) is 7.32. The standard InChI is InChI=1S/C20H25FN4O3S/c1-14(2)29(26,27)20-22-11-17(13-24(4)15(3)19-9-10-28-23-19)25(20)12-16-7-5-6-8-18(16)21/h5-11,14-15H,12-13H2,1-4H3/t15-/m0/s1. The molecule has 0 unspecified atom stereocenters. The van der Waals surface area contributed by atoms with E-state index in [0.29, 0.717) is 17.8 Å². The van der Waals surface area contributed by atoms with Crippen LogP contribution in [0, 0.1) is 5.82 Å². The van der Waals surface area contributed by atoms with Gasteiger partial charge in [-0.25, -0.2) is 17.8 Å². The second-order valence-corrected chi connectivity index (χ2v) is 9.72. The quantitative estimate of drug-likeness (QED) is 0.555. The van der Waals surface area contributed by atoms with E-state index in [1.54, 1.807) is 48.9 Å². The highest BCUT2D eigenvalue weighted by atomic mass is 32.2. The molecule has 0 spiro atoms. The van der Waals surface area contributed by atoms with Crippen LogP contribution in [0.3, 0.4) is 0 Å². The van der Waals surface area contributed by atoms with Crippen LogP contribution in [-0.4, -0.2) is 40.3 Å². The van der Waals surface area contributed by atoms with Gasteiger partial charge in [0.2, 0.25) is 15.0 Å². The molecule has 9 heteroatoms. The Morgan fingerprint density at radius 2 is 1.93 bits per heavy atom. The minimum absolute atomic E-state index is 0.0479. The fourth-order valence-corrected chi connectivity index (χ4v) is 4.09. The van der Waals surface area contributed by atoms with Crippen molar-refractivity contribution >= 4 is 9.84 Å². The number of nitrogens with zero attached hydrogens (tertiary/aromatic N) is 4. The van der Waals surface area contributed by atoms with Gasteiger partial charge in [-0.1, -0.05) is 23.4 Å². The van der Waals surface area contributed by atoms with Crippen LogP contribution in [0.2, 0.25) is 0 Å². The summed E-state index contributed by atoms with van der Waals surface area (Å²) in [5.74, 6) is -0.385. The van der Waals surface area contributed by atoms with Crippen molar-refractivity contribution in [2.75, 3.05) is 7.05 Å². The van der Waals surface area contributed by atoms with Gasteiger partial charge in [0.05, 0.1) is 29.7 Å². The Morgan fingerprint density at radius 1 is 1.21 bits per heavy atom. The molecule has 0 amide bonds. The van der Waals surface area contributed by atoms with Crippen LogP contribution in [0.1, 0.15) is 43.8 Å².